The van der Waals surface area contributed by atoms with E-state index in [-0.39, 0.29) is 29.4 Å². The summed E-state index contributed by atoms with van der Waals surface area (Å²) in [6, 6.07) is 7.45. The molecule has 1 fully saturated rings. The van der Waals surface area contributed by atoms with Crippen molar-refractivity contribution in [3.05, 3.63) is 63.4 Å². The van der Waals surface area contributed by atoms with E-state index in [9.17, 15) is 13.6 Å². The molecule has 1 aliphatic heterocycles. The lowest BCUT2D eigenvalue weighted by Crippen LogP contribution is -2.31. The minimum atomic E-state index is -0.631. The van der Waals surface area contributed by atoms with Crippen LogP contribution in [0.15, 0.2) is 34.8 Å². The number of methoxy groups -OCH3 is 1. The summed E-state index contributed by atoms with van der Waals surface area (Å²) >= 11 is 3.24. The van der Waals surface area contributed by atoms with Gasteiger partial charge in [0.1, 0.15) is 17.2 Å². The van der Waals surface area contributed by atoms with E-state index in [1.54, 1.807) is 22.8 Å². The van der Waals surface area contributed by atoms with E-state index >= 15 is 0 Å². The Morgan fingerprint density at radius 3 is 2.75 bits per heavy atom. The zero-order chi connectivity index (χ0) is 19.8. The Balaban J connectivity index is 1.82. The number of hydrogen-bond donors (Lipinski definition) is 0. The van der Waals surface area contributed by atoms with Crippen molar-refractivity contribution in [3.63, 3.8) is 0 Å². The lowest BCUT2D eigenvalue weighted by Gasteiger charge is -2.27. The van der Waals surface area contributed by atoms with Crippen LogP contribution >= 0.6 is 15.9 Å². The van der Waals surface area contributed by atoms with Crippen molar-refractivity contribution >= 4 is 32.9 Å². The maximum Gasteiger partial charge on any atom is 0.338 e. The van der Waals surface area contributed by atoms with Gasteiger partial charge < -0.3 is 14.0 Å². The highest BCUT2D eigenvalue weighted by molar-refractivity contribution is 9.10. The molecule has 5 nitrogen and oxygen atoms in total. The van der Waals surface area contributed by atoms with Gasteiger partial charge in [-0.1, -0.05) is 22.0 Å². The molecule has 28 heavy (non-hydrogen) atoms. The number of benzene rings is 2. The van der Waals surface area contributed by atoms with Crippen molar-refractivity contribution in [2.45, 2.75) is 25.5 Å². The summed E-state index contributed by atoms with van der Waals surface area (Å²) in [6.45, 7) is 1.13. The largest absolute Gasteiger partial charge is 0.465 e. The van der Waals surface area contributed by atoms with Crippen LogP contribution in [0.2, 0.25) is 0 Å². The lowest BCUT2D eigenvalue weighted by molar-refractivity contribution is -0.0589. The van der Waals surface area contributed by atoms with Crippen molar-refractivity contribution in [2.24, 2.45) is 0 Å². The molecule has 0 amide bonds. The molecule has 0 saturated carbocycles. The second kappa shape index (κ2) is 7.60. The van der Waals surface area contributed by atoms with Crippen LogP contribution in [0, 0.1) is 11.6 Å². The van der Waals surface area contributed by atoms with Crippen LogP contribution in [-0.4, -0.2) is 35.3 Å². The number of carbonyl (C=O) groups is 1. The van der Waals surface area contributed by atoms with Gasteiger partial charge in [0, 0.05) is 17.5 Å². The standard InChI is InChI=1S/C20H17BrF2N2O3/c1-27-20(26)12-6-16(23)19-17(7-12)25(10-14-4-5-28-14)18(24-19)8-11-2-3-13(21)9-15(11)22/h2-3,6-7,9,14H,4-5,8,10H2,1H3/t14-/m0/s1. The number of hydrogen-bond acceptors (Lipinski definition) is 4. The molecule has 146 valence electrons. The van der Waals surface area contributed by atoms with Crippen LogP contribution in [-0.2, 0) is 22.4 Å². The van der Waals surface area contributed by atoms with E-state index in [4.69, 9.17) is 9.47 Å². The zero-order valence-electron chi connectivity index (χ0n) is 15.0. The first-order valence-electron chi connectivity index (χ1n) is 8.78. The molecule has 1 atom stereocenters. The van der Waals surface area contributed by atoms with Crippen LogP contribution in [0.5, 0.6) is 0 Å². The first kappa shape index (κ1) is 19.0. The number of fused-ring (bicyclic) bond motifs is 1. The average molecular weight is 451 g/mol. The average Bonchev–Trinajstić information content (AvgIpc) is 2.97. The topological polar surface area (TPSA) is 53.3 Å². The van der Waals surface area contributed by atoms with E-state index in [2.05, 4.69) is 20.9 Å². The van der Waals surface area contributed by atoms with Gasteiger partial charge in [-0.3, -0.25) is 0 Å². The molecule has 0 N–H and O–H groups in total. The molecule has 0 spiro atoms. The monoisotopic (exact) mass is 450 g/mol. The number of aromatic nitrogens is 2. The summed E-state index contributed by atoms with van der Waals surface area (Å²) in [4.78, 5) is 16.3. The fourth-order valence-electron chi connectivity index (χ4n) is 3.27. The highest BCUT2D eigenvalue weighted by atomic mass is 79.9. The van der Waals surface area contributed by atoms with E-state index < -0.39 is 11.8 Å². The molecule has 3 aromatic rings. The number of carbonyl (C=O) groups excluding carboxylic acids is 1. The maximum absolute atomic E-state index is 14.6. The highest BCUT2D eigenvalue weighted by Crippen LogP contribution is 2.27. The normalized spacial score (nSPS) is 16.2. The summed E-state index contributed by atoms with van der Waals surface area (Å²) in [7, 11) is 1.24. The molecule has 1 saturated heterocycles. The Bertz CT molecular complexity index is 1060. The van der Waals surface area contributed by atoms with Gasteiger partial charge in [0.2, 0.25) is 0 Å². The van der Waals surface area contributed by atoms with Crippen LogP contribution in [0.25, 0.3) is 11.0 Å². The third kappa shape index (κ3) is 3.54. The van der Waals surface area contributed by atoms with E-state index in [0.29, 0.717) is 34.5 Å². The number of imidazole rings is 1. The van der Waals surface area contributed by atoms with Crippen molar-refractivity contribution in [3.8, 4) is 0 Å². The third-order valence-electron chi connectivity index (χ3n) is 4.85. The molecule has 0 radical (unpaired) electrons. The van der Waals surface area contributed by atoms with Gasteiger partial charge >= 0.3 is 5.97 Å². The lowest BCUT2D eigenvalue weighted by atomic mass is 10.1. The quantitative estimate of drug-likeness (QED) is 0.545. The number of rotatable bonds is 5. The van der Waals surface area contributed by atoms with Crippen LogP contribution in [0.4, 0.5) is 8.78 Å². The molecule has 1 aliphatic rings. The summed E-state index contributed by atoms with van der Waals surface area (Å²) in [5, 5.41) is 0. The van der Waals surface area contributed by atoms with Gasteiger partial charge in [-0.25, -0.2) is 18.6 Å². The Labute approximate surface area is 168 Å². The summed E-state index contributed by atoms with van der Waals surface area (Å²) in [6.07, 6.45) is 1.05. The molecular weight excluding hydrogens is 434 g/mol. The number of esters is 1. The Kier molecular flexibility index (Phi) is 5.16. The van der Waals surface area contributed by atoms with E-state index in [1.165, 1.54) is 13.2 Å². The van der Waals surface area contributed by atoms with Crippen molar-refractivity contribution in [1.29, 1.82) is 0 Å². The van der Waals surface area contributed by atoms with Crippen LogP contribution < -0.4 is 0 Å². The van der Waals surface area contributed by atoms with Gasteiger partial charge in [0.05, 0.1) is 30.8 Å². The van der Waals surface area contributed by atoms with Gasteiger partial charge in [-0.2, -0.15) is 0 Å². The fourth-order valence-corrected chi connectivity index (χ4v) is 3.60. The summed E-state index contributed by atoms with van der Waals surface area (Å²) in [5.74, 6) is -1.12. The molecule has 0 unspecified atom stereocenters. The van der Waals surface area contributed by atoms with Crippen molar-refractivity contribution in [1.82, 2.24) is 9.55 Å². The predicted molar refractivity (Wildman–Crippen MR) is 102 cm³/mol. The number of ether oxygens (including phenoxy) is 2. The van der Waals surface area contributed by atoms with Gasteiger partial charge in [-0.05, 0) is 36.2 Å². The zero-order valence-corrected chi connectivity index (χ0v) is 16.6. The molecular formula is C20H17BrF2N2O3. The minimum absolute atomic E-state index is 0.0178. The Morgan fingerprint density at radius 2 is 2.11 bits per heavy atom. The molecule has 8 heteroatoms. The predicted octanol–water partition coefficient (Wildman–Crippen LogP) is 4.24. The van der Waals surface area contributed by atoms with E-state index in [0.717, 1.165) is 12.5 Å². The molecule has 1 aromatic heterocycles. The third-order valence-corrected chi connectivity index (χ3v) is 5.34. The van der Waals surface area contributed by atoms with E-state index in [1.807, 2.05) is 0 Å². The second-order valence-electron chi connectivity index (χ2n) is 6.65. The number of nitrogens with zero attached hydrogens (tertiary/aromatic N) is 2. The first-order chi connectivity index (χ1) is 13.5. The fraction of sp³-hybridized carbons (Fsp3) is 0.300. The molecule has 2 heterocycles. The van der Waals surface area contributed by atoms with Crippen LogP contribution in [0.1, 0.15) is 28.2 Å². The Morgan fingerprint density at radius 1 is 1.32 bits per heavy atom. The molecule has 0 bridgehead atoms. The smallest absolute Gasteiger partial charge is 0.338 e. The molecule has 2 aromatic carbocycles. The summed E-state index contributed by atoms with van der Waals surface area (Å²) in [5.41, 5.74) is 1.15. The highest BCUT2D eigenvalue weighted by Gasteiger charge is 2.24. The van der Waals surface area contributed by atoms with Crippen LogP contribution in [0.3, 0.4) is 0 Å². The maximum atomic E-state index is 14.6. The van der Waals surface area contributed by atoms with Gasteiger partial charge in [-0.15, -0.1) is 0 Å². The number of halogens is 3. The Hall–Kier alpha value is -2.32. The minimum Gasteiger partial charge on any atom is -0.465 e. The molecule has 0 aliphatic carbocycles. The van der Waals surface area contributed by atoms with Gasteiger partial charge in [0.15, 0.2) is 5.82 Å². The van der Waals surface area contributed by atoms with Crippen molar-refractivity contribution < 1.29 is 23.0 Å². The molecule has 4 rings (SSSR count). The summed E-state index contributed by atoms with van der Waals surface area (Å²) < 4.78 is 41.6. The van der Waals surface area contributed by atoms with Gasteiger partial charge in [0.25, 0.3) is 0 Å². The van der Waals surface area contributed by atoms with Crippen molar-refractivity contribution in [2.75, 3.05) is 13.7 Å². The SMILES string of the molecule is COC(=O)c1cc(F)c2nc(Cc3ccc(Br)cc3F)n(C[C@@H]3CCO3)c2c1. The first-order valence-corrected chi connectivity index (χ1v) is 9.58. The second-order valence-corrected chi connectivity index (χ2v) is 7.57.